The van der Waals surface area contributed by atoms with Crippen molar-refractivity contribution in [3.8, 4) is 17.5 Å². The number of anilines is 1. The van der Waals surface area contributed by atoms with Gasteiger partial charge < -0.3 is 9.80 Å². The van der Waals surface area contributed by atoms with Gasteiger partial charge in [-0.25, -0.2) is 4.99 Å². The average molecular weight is 493 g/mol. The molecular formula is C29H32N8. The van der Waals surface area contributed by atoms with Crippen LogP contribution in [0.25, 0.3) is 22.2 Å². The van der Waals surface area contributed by atoms with Crippen LogP contribution >= 0.6 is 0 Å². The number of guanidine groups is 1. The van der Waals surface area contributed by atoms with Gasteiger partial charge in [0.1, 0.15) is 0 Å². The highest BCUT2D eigenvalue weighted by Crippen LogP contribution is 2.27. The molecule has 4 aromatic rings. The number of nitrogens with zero attached hydrogens (tertiary/aromatic N) is 7. The van der Waals surface area contributed by atoms with E-state index in [0.717, 1.165) is 46.8 Å². The third-order valence-corrected chi connectivity index (χ3v) is 6.52. The Labute approximate surface area is 218 Å². The molecule has 1 atom stereocenters. The highest BCUT2D eigenvalue weighted by molar-refractivity contribution is 5.94. The SMILES string of the molecule is C.CC(C)[C@H]1CN(c2ccc(-c3ccccc3)nn2)CCN1C(=Nc1cccc2ncccc12)NC#N. The van der Waals surface area contributed by atoms with Crippen LogP contribution in [0.5, 0.6) is 0 Å². The Hall–Kier alpha value is -4.51. The molecule has 37 heavy (non-hydrogen) atoms. The van der Waals surface area contributed by atoms with Crippen LogP contribution in [0.2, 0.25) is 0 Å². The topological polar surface area (TPSA) is 93.3 Å². The number of piperazine rings is 1. The zero-order chi connectivity index (χ0) is 24.9. The third kappa shape index (κ3) is 5.51. The fraction of sp³-hybridized carbons (Fsp3) is 0.276. The first kappa shape index (κ1) is 25.6. The second-order valence-corrected chi connectivity index (χ2v) is 9.11. The van der Waals surface area contributed by atoms with Crippen molar-refractivity contribution in [3.05, 3.63) is 79.0 Å². The zero-order valence-corrected chi connectivity index (χ0v) is 20.4. The molecule has 1 saturated heterocycles. The number of nitrogens with one attached hydrogen (secondary N) is 1. The lowest BCUT2D eigenvalue weighted by Gasteiger charge is -2.44. The summed E-state index contributed by atoms with van der Waals surface area (Å²) in [6.45, 7) is 6.57. The van der Waals surface area contributed by atoms with Crippen molar-refractivity contribution in [3.63, 3.8) is 0 Å². The van der Waals surface area contributed by atoms with Gasteiger partial charge in [0.25, 0.3) is 0 Å². The van der Waals surface area contributed by atoms with Crippen LogP contribution in [0, 0.1) is 17.4 Å². The van der Waals surface area contributed by atoms with E-state index >= 15 is 0 Å². The van der Waals surface area contributed by atoms with Crippen molar-refractivity contribution in [2.45, 2.75) is 27.3 Å². The Morgan fingerprint density at radius 2 is 1.84 bits per heavy atom. The van der Waals surface area contributed by atoms with Gasteiger partial charge in [-0.1, -0.05) is 57.7 Å². The summed E-state index contributed by atoms with van der Waals surface area (Å²) in [5.74, 6) is 1.73. The number of hydrogen-bond acceptors (Lipinski definition) is 6. The van der Waals surface area contributed by atoms with Gasteiger partial charge in [-0.2, -0.15) is 5.26 Å². The van der Waals surface area contributed by atoms with Crippen molar-refractivity contribution in [2.24, 2.45) is 10.9 Å². The Kier molecular flexibility index (Phi) is 7.94. The molecule has 188 valence electrons. The lowest BCUT2D eigenvalue weighted by Crippen LogP contribution is -2.59. The minimum absolute atomic E-state index is 0. The lowest BCUT2D eigenvalue weighted by atomic mass is 9.99. The van der Waals surface area contributed by atoms with Crippen LogP contribution in [0.4, 0.5) is 11.5 Å². The average Bonchev–Trinajstić information content (AvgIpc) is 2.93. The van der Waals surface area contributed by atoms with Crippen molar-refractivity contribution < 1.29 is 0 Å². The number of aromatic nitrogens is 3. The largest absolute Gasteiger partial charge is 0.351 e. The molecule has 0 radical (unpaired) electrons. The number of rotatable bonds is 4. The van der Waals surface area contributed by atoms with Gasteiger partial charge in [-0.15, -0.1) is 10.2 Å². The van der Waals surface area contributed by atoms with Gasteiger partial charge in [-0.05, 0) is 42.3 Å². The van der Waals surface area contributed by atoms with Gasteiger partial charge in [0, 0.05) is 36.8 Å². The number of pyridine rings is 1. The number of fused-ring (bicyclic) bond motifs is 1. The quantitative estimate of drug-likeness (QED) is 0.180. The Morgan fingerprint density at radius 1 is 1.00 bits per heavy atom. The van der Waals surface area contributed by atoms with Gasteiger partial charge in [0.15, 0.2) is 12.0 Å². The molecular weight excluding hydrogens is 460 g/mol. The minimum Gasteiger partial charge on any atom is -0.351 e. The van der Waals surface area contributed by atoms with Crippen molar-refractivity contribution in [1.82, 2.24) is 25.4 Å². The Morgan fingerprint density at radius 3 is 2.57 bits per heavy atom. The highest BCUT2D eigenvalue weighted by Gasteiger charge is 2.32. The number of aliphatic imine (C=N–C) groups is 1. The van der Waals surface area contributed by atoms with E-state index in [1.54, 1.807) is 6.20 Å². The molecule has 1 aliphatic heterocycles. The van der Waals surface area contributed by atoms with E-state index in [1.807, 2.05) is 72.8 Å². The molecule has 0 bridgehead atoms. The monoisotopic (exact) mass is 492 g/mol. The molecule has 0 amide bonds. The maximum atomic E-state index is 9.52. The van der Waals surface area contributed by atoms with Gasteiger partial charge in [-0.3, -0.25) is 10.3 Å². The molecule has 2 aromatic heterocycles. The van der Waals surface area contributed by atoms with Gasteiger partial charge in [0.05, 0.1) is 22.9 Å². The first-order chi connectivity index (χ1) is 17.6. The minimum atomic E-state index is 0. The highest BCUT2D eigenvalue weighted by atomic mass is 15.4. The number of benzene rings is 2. The van der Waals surface area contributed by atoms with Crippen LogP contribution in [-0.4, -0.2) is 51.7 Å². The molecule has 1 N–H and O–H groups in total. The van der Waals surface area contributed by atoms with Crippen LogP contribution in [0.15, 0.2) is 84.0 Å². The fourth-order valence-corrected chi connectivity index (χ4v) is 4.62. The predicted octanol–water partition coefficient (Wildman–Crippen LogP) is 5.23. The summed E-state index contributed by atoms with van der Waals surface area (Å²) in [5, 5.41) is 22.3. The molecule has 1 aliphatic rings. The first-order valence-electron chi connectivity index (χ1n) is 12.1. The van der Waals surface area contributed by atoms with E-state index in [0.29, 0.717) is 18.4 Å². The maximum absolute atomic E-state index is 9.52. The summed E-state index contributed by atoms with van der Waals surface area (Å²) >= 11 is 0. The molecule has 2 aromatic carbocycles. The smallest absolute Gasteiger partial charge is 0.213 e. The zero-order valence-electron chi connectivity index (χ0n) is 20.4. The second kappa shape index (κ2) is 11.5. The molecule has 3 heterocycles. The van der Waals surface area contributed by atoms with Gasteiger partial charge >= 0.3 is 0 Å². The van der Waals surface area contributed by atoms with E-state index < -0.39 is 0 Å². The lowest BCUT2D eigenvalue weighted by molar-refractivity contribution is 0.220. The van der Waals surface area contributed by atoms with E-state index in [4.69, 9.17) is 4.99 Å². The van der Waals surface area contributed by atoms with E-state index in [2.05, 4.69) is 50.3 Å². The standard InChI is InChI=1S/C28H28N8.CH4/c1-20(2)26-18-35(27-14-13-23(33-34-27)21-8-4-3-5-9-21)16-17-36(26)28(31-19-29)32-25-12-6-11-24-22(25)10-7-15-30-24;/h3-15,20,26H,16-18H2,1-2H3,(H,31,32);1H4/t26-;/m1./s1. The Bertz CT molecular complexity index is 1390. The molecule has 8 nitrogen and oxygen atoms in total. The molecule has 5 rings (SSSR count). The Balaban J connectivity index is 0.00000320. The summed E-state index contributed by atoms with van der Waals surface area (Å²) < 4.78 is 0. The maximum Gasteiger partial charge on any atom is 0.213 e. The van der Waals surface area contributed by atoms with Crippen LogP contribution in [-0.2, 0) is 0 Å². The molecule has 0 spiro atoms. The van der Waals surface area contributed by atoms with Crippen LogP contribution < -0.4 is 10.2 Å². The molecule has 0 unspecified atom stereocenters. The number of nitriles is 1. The van der Waals surface area contributed by atoms with Crippen LogP contribution in [0.1, 0.15) is 21.3 Å². The molecule has 0 aliphatic carbocycles. The van der Waals surface area contributed by atoms with Crippen molar-refractivity contribution >= 4 is 28.4 Å². The summed E-state index contributed by atoms with van der Waals surface area (Å²) in [6.07, 6.45) is 3.85. The normalized spacial score (nSPS) is 15.8. The summed E-state index contributed by atoms with van der Waals surface area (Å²) in [5.41, 5.74) is 3.56. The predicted molar refractivity (Wildman–Crippen MR) is 149 cm³/mol. The first-order valence-corrected chi connectivity index (χ1v) is 12.1. The second-order valence-electron chi connectivity index (χ2n) is 9.11. The van der Waals surface area contributed by atoms with Crippen molar-refractivity contribution in [2.75, 3.05) is 24.5 Å². The van der Waals surface area contributed by atoms with Gasteiger partial charge in [0.2, 0.25) is 5.96 Å². The van der Waals surface area contributed by atoms with Crippen molar-refractivity contribution in [1.29, 1.82) is 5.26 Å². The van der Waals surface area contributed by atoms with E-state index in [9.17, 15) is 5.26 Å². The van der Waals surface area contributed by atoms with E-state index in [1.165, 1.54) is 0 Å². The summed E-state index contributed by atoms with van der Waals surface area (Å²) in [6, 6.07) is 24.0. The van der Waals surface area contributed by atoms with E-state index in [-0.39, 0.29) is 13.5 Å². The summed E-state index contributed by atoms with van der Waals surface area (Å²) in [4.78, 5) is 13.8. The number of hydrogen-bond donors (Lipinski definition) is 1. The summed E-state index contributed by atoms with van der Waals surface area (Å²) in [7, 11) is 0. The third-order valence-electron chi connectivity index (χ3n) is 6.52. The molecule has 8 heteroatoms. The fourth-order valence-electron chi connectivity index (χ4n) is 4.62. The van der Waals surface area contributed by atoms with Crippen LogP contribution in [0.3, 0.4) is 0 Å². The molecule has 0 saturated carbocycles. The molecule has 1 fully saturated rings.